The molecule has 2 aromatic rings. The van der Waals surface area contributed by atoms with Gasteiger partial charge in [-0.25, -0.2) is 8.42 Å². The first kappa shape index (κ1) is 15.0. The van der Waals surface area contributed by atoms with Crippen LogP contribution in [0.5, 0.6) is 0 Å². The lowest BCUT2D eigenvalue weighted by molar-refractivity contribution is -0.122. The standard InChI is InChI=1S/C17H19NO3S/c1-22(20,21)15-8-7-12-3-2-4-13(16(12)11-15)9-10-18-17(19)14-5-6-14/h2-4,7-8,11,14H,5-6,9-10H2,1H3,(H,18,19). The van der Waals surface area contributed by atoms with Gasteiger partial charge in [0.1, 0.15) is 0 Å². The molecule has 0 atom stereocenters. The largest absolute Gasteiger partial charge is 0.356 e. The van der Waals surface area contributed by atoms with E-state index in [1.54, 1.807) is 12.1 Å². The zero-order valence-corrected chi connectivity index (χ0v) is 13.3. The Morgan fingerprint density at radius 3 is 2.68 bits per heavy atom. The molecule has 0 bridgehead atoms. The molecule has 0 saturated heterocycles. The molecule has 0 heterocycles. The lowest BCUT2D eigenvalue weighted by Gasteiger charge is -2.09. The molecule has 1 aliphatic carbocycles. The highest BCUT2D eigenvalue weighted by molar-refractivity contribution is 7.90. The monoisotopic (exact) mass is 317 g/mol. The number of sulfone groups is 1. The third kappa shape index (κ3) is 3.30. The number of amides is 1. The van der Waals surface area contributed by atoms with Crippen LogP contribution in [0.3, 0.4) is 0 Å². The summed E-state index contributed by atoms with van der Waals surface area (Å²) < 4.78 is 23.4. The number of benzene rings is 2. The minimum absolute atomic E-state index is 0.136. The second-order valence-electron chi connectivity index (χ2n) is 5.89. The maximum Gasteiger partial charge on any atom is 0.223 e. The van der Waals surface area contributed by atoms with Gasteiger partial charge in [-0.05, 0) is 47.7 Å². The van der Waals surface area contributed by atoms with E-state index in [0.29, 0.717) is 17.9 Å². The van der Waals surface area contributed by atoms with Gasteiger partial charge in [-0.1, -0.05) is 24.3 Å². The van der Waals surface area contributed by atoms with Crippen molar-refractivity contribution >= 4 is 26.5 Å². The maximum absolute atomic E-state index is 11.7. The SMILES string of the molecule is CS(=O)(=O)c1ccc2cccc(CCNC(=O)C3CC3)c2c1. The van der Waals surface area contributed by atoms with Crippen LogP contribution in [0.4, 0.5) is 0 Å². The summed E-state index contributed by atoms with van der Waals surface area (Å²) >= 11 is 0. The van der Waals surface area contributed by atoms with Gasteiger partial charge in [0.15, 0.2) is 9.84 Å². The van der Waals surface area contributed by atoms with Crippen LogP contribution in [0.15, 0.2) is 41.3 Å². The Morgan fingerprint density at radius 2 is 2.00 bits per heavy atom. The average Bonchev–Trinajstić information content (AvgIpc) is 3.30. The van der Waals surface area contributed by atoms with Crippen molar-refractivity contribution in [2.24, 2.45) is 5.92 Å². The molecule has 1 amide bonds. The van der Waals surface area contributed by atoms with Crippen LogP contribution < -0.4 is 5.32 Å². The zero-order valence-electron chi connectivity index (χ0n) is 12.5. The number of carbonyl (C=O) groups is 1. The Kier molecular flexibility index (Phi) is 3.91. The van der Waals surface area contributed by atoms with Crippen LogP contribution in [-0.4, -0.2) is 27.1 Å². The van der Waals surface area contributed by atoms with Gasteiger partial charge in [-0.2, -0.15) is 0 Å². The van der Waals surface area contributed by atoms with Gasteiger partial charge in [0.2, 0.25) is 5.91 Å². The average molecular weight is 317 g/mol. The molecular formula is C17H19NO3S. The van der Waals surface area contributed by atoms with Crippen molar-refractivity contribution in [3.63, 3.8) is 0 Å². The lowest BCUT2D eigenvalue weighted by atomic mass is 10.0. The quantitative estimate of drug-likeness (QED) is 0.920. The Morgan fingerprint density at radius 1 is 1.23 bits per heavy atom. The van der Waals surface area contributed by atoms with Crippen molar-refractivity contribution in [2.45, 2.75) is 24.2 Å². The van der Waals surface area contributed by atoms with E-state index in [9.17, 15) is 13.2 Å². The Bertz CT molecular complexity index is 823. The summed E-state index contributed by atoms with van der Waals surface area (Å²) in [6.45, 7) is 0.581. The smallest absolute Gasteiger partial charge is 0.223 e. The highest BCUT2D eigenvalue weighted by Gasteiger charge is 2.29. The molecule has 116 valence electrons. The van der Waals surface area contributed by atoms with Gasteiger partial charge in [-0.15, -0.1) is 0 Å². The van der Waals surface area contributed by atoms with Crippen LogP contribution in [0.1, 0.15) is 18.4 Å². The van der Waals surface area contributed by atoms with Crippen LogP contribution in [0, 0.1) is 5.92 Å². The van der Waals surface area contributed by atoms with Gasteiger partial charge in [0, 0.05) is 18.7 Å². The highest BCUT2D eigenvalue weighted by atomic mass is 32.2. The van der Waals surface area contributed by atoms with E-state index in [2.05, 4.69) is 5.32 Å². The second-order valence-corrected chi connectivity index (χ2v) is 7.90. The summed E-state index contributed by atoms with van der Waals surface area (Å²) in [5, 5.41) is 4.89. The maximum atomic E-state index is 11.7. The first-order chi connectivity index (χ1) is 10.4. The van der Waals surface area contributed by atoms with Gasteiger partial charge in [-0.3, -0.25) is 4.79 Å². The summed E-state index contributed by atoms with van der Waals surface area (Å²) in [6, 6.07) is 11.1. The molecule has 0 spiro atoms. The van der Waals surface area contributed by atoms with Crippen molar-refractivity contribution < 1.29 is 13.2 Å². The Labute approximate surface area is 130 Å². The fourth-order valence-corrected chi connectivity index (χ4v) is 3.22. The number of fused-ring (bicyclic) bond motifs is 1. The Balaban J connectivity index is 1.83. The summed E-state index contributed by atoms with van der Waals surface area (Å²) in [7, 11) is -3.22. The topological polar surface area (TPSA) is 63.2 Å². The predicted octanol–water partition coefficient (Wildman–Crippen LogP) is 2.31. The van der Waals surface area contributed by atoms with E-state index in [1.165, 1.54) is 6.26 Å². The number of hydrogen-bond acceptors (Lipinski definition) is 3. The molecule has 1 N–H and O–H groups in total. The minimum Gasteiger partial charge on any atom is -0.356 e. The van der Waals surface area contributed by atoms with Gasteiger partial charge >= 0.3 is 0 Å². The molecule has 0 aliphatic heterocycles. The van der Waals surface area contributed by atoms with Crippen LogP contribution in [0.25, 0.3) is 10.8 Å². The molecule has 1 aliphatic rings. The fourth-order valence-electron chi connectivity index (χ4n) is 2.58. The normalized spacial score (nSPS) is 15.0. The Hall–Kier alpha value is -1.88. The fraction of sp³-hybridized carbons (Fsp3) is 0.353. The first-order valence-corrected chi connectivity index (χ1v) is 9.34. The molecule has 22 heavy (non-hydrogen) atoms. The number of hydrogen-bond donors (Lipinski definition) is 1. The van der Waals surface area contributed by atoms with E-state index < -0.39 is 9.84 Å². The number of carbonyl (C=O) groups excluding carboxylic acids is 1. The van der Waals surface area contributed by atoms with E-state index in [0.717, 1.165) is 29.2 Å². The third-order valence-electron chi connectivity index (χ3n) is 4.01. The third-order valence-corrected chi connectivity index (χ3v) is 5.12. The van der Waals surface area contributed by atoms with Crippen LogP contribution in [-0.2, 0) is 21.1 Å². The summed E-state index contributed by atoms with van der Waals surface area (Å²) in [4.78, 5) is 12.0. The van der Waals surface area contributed by atoms with Crippen molar-refractivity contribution in [2.75, 3.05) is 12.8 Å². The zero-order chi connectivity index (χ0) is 15.7. The highest BCUT2D eigenvalue weighted by Crippen LogP contribution is 2.28. The summed E-state index contributed by atoms with van der Waals surface area (Å²) in [5.74, 6) is 0.349. The molecular weight excluding hydrogens is 298 g/mol. The van der Waals surface area contributed by atoms with Crippen LogP contribution >= 0.6 is 0 Å². The number of nitrogens with one attached hydrogen (secondary N) is 1. The van der Waals surface area contributed by atoms with Gasteiger partial charge < -0.3 is 5.32 Å². The van der Waals surface area contributed by atoms with Gasteiger partial charge in [0.25, 0.3) is 0 Å². The molecule has 1 saturated carbocycles. The van der Waals surface area contributed by atoms with E-state index in [1.807, 2.05) is 24.3 Å². The van der Waals surface area contributed by atoms with Crippen LogP contribution in [0.2, 0.25) is 0 Å². The van der Waals surface area contributed by atoms with E-state index in [-0.39, 0.29) is 11.8 Å². The molecule has 5 heteroatoms. The van der Waals surface area contributed by atoms with E-state index in [4.69, 9.17) is 0 Å². The molecule has 1 fully saturated rings. The molecule has 0 unspecified atom stereocenters. The van der Waals surface area contributed by atoms with Crippen molar-refractivity contribution in [1.29, 1.82) is 0 Å². The molecule has 0 aromatic heterocycles. The first-order valence-electron chi connectivity index (χ1n) is 7.44. The summed E-state index contributed by atoms with van der Waals surface area (Å²) in [6.07, 6.45) is 3.91. The second kappa shape index (κ2) is 5.72. The van der Waals surface area contributed by atoms with Crippen molar-refractivity contribution in [3.05, 3.63) is 42.0 Å². The number of rotatable bonds is 5. The lowest BCUT2D eigenvalue weighted by Crippen LogP contribution is -2.26. The molecule has 2 aromatic carbocycles. The van der Waals surface area contributed by atoms with Gasteiger partial charge in [0.05, 0.1) is 4.90 Å². The van der Waals surface area contributed by atoms with Crippen molar-refractivity contribution in [1.82, 2.24) is 5.32 Å². The summed E-state index contributed by atoms with van der Waals surface area (Å²) in [5.41, 5.74) is 1.05. The molecule has 3 rings (SSSR count). The molecule has 4 nitrogen and oxygen atoms in total. The minimum atomic E-state index is -3.22. The van der Waals surface area contributed by atoms with E-state index >= 15 is 0 Å². The van der Waals surface area contributed by atoms with Crippen molar-refractivity contribution in [3.8, 4) is 0 Å². The molecule has 0 radical (unpaired) electrons. The predicted molar refractivity (Wildman–Crippen MR) is 86.5 cm³/mol.